The average Bonchev–Trinajstić information content (AvgIpc) is 2.24. The molecule has 94 valence electrons. The molecule has 0 aliphatic carbocycles. The standard InChI is InChI=1S/C9H14N4O2S2/c1-17(14,15)13-5-4-11-7-2-3-8(9(10)16)12-6-7/h2-3,6,11,13H,4-5H2,1H3,(H2,10,16). The van der Waals surface area contributed by atoms with Crippen LogP contribution >= 0.6 is 12.2 Å². The highest BCUT2D eigenvalue weighted by molar-refractivity contribution is 7.88. The molecule has 0 bridgehead atoms. The summed E-state index contributed by atoms with van der Waals surface area (Å²) in [4.78, 5) is 4.28. The molecule has 0 atom stereocenters. The lowest BCUT2D eigenvalue weighted by Crippen LogP contribution is -2.27. The van der Waals surface area contributed by atoms with E-state index in [9.17, 15) is 8.42 Å². The maximum absolute atomic E-state index is 10.8. The minimum Gasteiger partial charge on any atom is -0.388 e. The molecule has 0 radical (unpaired) electrons. The van der Waals surface area contributed by atoms with Crippen LogP contribution in [0.3, 0.4) is 0 Å². The fourth-order valence-corrected chi connectivity index (χ4v) is 1.68. The van der Waals surface area contributed by atoms with E-state index in [0.29, 0.717) is 18.8 Å². The zero-order valence-electron chi connectivity index (χ0n) is 9.30. The SMILES string of the molecule is CS(=O)(=O)NCCNc1ccc(C(N)=S)nc1. The second kappa shape index (κ2) is 5.89. The van der Waals surface area contributed by atoms with E-state index in [1.807, 2.05) is 0 Å². The number of pyridine rings is 1. The van der Waals surface area contributed by atoms with Gasteiger partial charge in [-0.2, -0.15) is 0 Å². The number of sulfonamides is 1. The van der Waals surface area contributed by atoms with Gasteiger partial charge in [0.15, 0.2) is 0 Å². The lowest BCUT2D eigenvalue weighted by Gasteiger charge is -2.06. The van der Waals surface area contributed by atoms with Gasteiger partial charge in [0.25, 0.3) is 0 Å². The maximum atomic E-state index is 10.8. The molecule has 0 spiro atoms. The van der Waals surface area contributed by atoms with Gasteiger partial charge in [-0.3, -0.25) is 4.98 Å². The number of hydrogen-bond acceptors (Lipinski definition) is 5. The first kappa shape index (κ1) is 13.8. The molecule has 0 amide bonds. The zero-order chi connectivity index (χ0) is 12.9. The van der Waals surface area contributed by atoms with Crippen LogP contribution < -0.4 is 15.8 Å². The monoisotopic (exact) mass is 274 g/mol. The van der Waals surface area contributed by atoms with Gasteiger partial charge < -0.3 is 11.1 Å². The maximum Gasteiger partial charge on any atom is 0.208 e. The molecule has 1 heterocycles. The van der Waals surface area contributed by atoms with Gasteiger partial charge in [-0.15, -0.1) is 0 Å². The van der Waals surface area contributed by atoms with Gasteiger partial charge >= 0.3 is 0 Å². The molecular weight excluding hydrogens is 260 g/mol. The average molecular weight is 274 g/mol. The van der Waals surface area contributed by atoms with Crippen LogP contribution in [0.1, 0.15) is 5.69 Å². The van der Waals surface area contributed by atoms with Crippen LogP contribution in [0.15, 0.2) is 18.3 Å². The molecule has 1 aromatic rings. The topological polar surface area (TPSA) is 97.1 Å². The van der Waals surface area contributed by atoms with Crippen molar-refractivity contribution in [3.8, 4) is 0 Å². The third kappa shape index (κ3) is 5.57. The van der Waals surface area contributed by atoms with E-state index in [1.165, 1.54) is 0 Å². The van der Waals surface area contributed by atoms with E-state index in [1.54, 1.807) is 18.3 Å². The van der Waals surface area contributed by atoms with Crippen molar-refractivity contribution in [2.24, 2.45) is 5.73 Å². The lowest BCUT2D eigenvalue weighted by molar-refractivity contribution is 0.589. The van der Waals surface area contributed by atoms with Gasteiger partial charge in [0.2, 0.25) is 10.0 Å². The van der Waals surface area contributed by atoms with Crippen LogP contribution in [0.25, 0.3) is 0 Å². The van der Waals surface area contributed by atoms with Crippen molar-refractivity contribution in [2.45, 2.75) is 0 Å². The second-order valence-corrected chi connectivity index (χ2v) is 5.66. The number of rotatable bonds is 6. The number of nitrogens with two attached hydrogens (primary N) is 1. The molecule has 0 saturated heterocycles. The molecule has 0 saturated carbocycles. The normalized spacial score (nSPS) is 11.1. The van der Waals surface area contributed by atoms with Gasteiger partial charge in [-0.25, -0.2) is 13.1 Å². The molecule has 8 heteroatoms. The number of hydrogen-bond donors (Lipinski definition) is 3. The summed E-state index contributed by atoms with van der Waals surface area (Å²) in [5.41, 5.74) is 6.74. The van der Waals surface area contributed by atoms with E-state index in [0.717, 1.165) is 11.9 Å². The van der Waals surface area contributed by atoms with Crippen LogP contribution in [0.2, 0.25) is 0 Å². The molecule has 0 aromatic carbocycles. The summed E-state index contributed by atoms with van der Waals surface area (Å²) in [5.74, 6) is 0. The predicted octanol–water partition coefficient (Wildman–Crippen LogP) is -0.323. The van der Waals surface area contributed by atoms with Crippen LogP contribution in [0.5, 0.6) is 0 Å². The Hall–Kier alpha value is -1.25. The summed E-state index contributed by atoms with van der Waals surface area (Å²) in [5, 5.41) is 3.01. The Bertz CT molecular complexity index is 484. The van der Waals surface area contributed by atoms with Crippen molar-refractivity contribution < 1.29 is 8.42 Å². The van der Waals surface area contributed by atoms with Gasteiger partial charge in [-0.05, 0) is 12.1 Å². The molecule has 1 aromatic heterocycles. The Morgan fingerprint density at radius 2 is 2.18 bits per heavy atom. The van der Waals surface area contributed by atoms with Crippen LogP contribution in [-0.2, 0) is 10.0 Å². The fourth-order valence-electron chi connectivity index (χ4n) is 1.09. The van der Waals surface area contributed by atoms with E-state index in [-0.39, 0.29) is 4.99 Å². The Kier molecular flexibility index (Phi) is 4.79. The van der Waals surface area contributed by atoms with Gasteiger partial charge in [0.05, 0.1) is 23.8 Å². The highest BCUT2D eigenvalue weighted by atomic mass is 32.2. The van der Waals surface area contributed by atoms with Crippen LogP contribution in [0, 0.1) is 0 Å². The van der Waals surface area contributed by atoms with Crippen molar-refractivity contribution >= 4 is 32.9 Å². The molecule has 17 heavy (non-hydrogen) atoms. The van der Waals surface area contributed by atoms with Crippen molar-refractivity contribution in [1.29, 1.82) is 0 Å². The summed E-state index contributed by atoms with van der Waals surface area (Å²) < 4.78 is 23.9. The number of aromatic nitrogens is 1. The highest BCUT2D eigenvalue weighted by Gasteiger charge is 2.00. The van der Waals surface area contributed by atoms with E-state index in [2.05, 4.69) is 15.0 Å². The van der Waals surface area contributed by atoms with E-state index < -0.39 is 10.0 Å². The predicted molar refractivity (Wildman–Crippen MR) is 71.5 cm³/mol. The quantitative estimate of drug-likeness (QED) is 0.486. The molecular formula is C9H14N4O2S2. The van der Waals surface area contributed by atoms with Crippen molar-refractivity contribution in [1.82, 2.24) is 9.71 Å². The fraction of sp³-hybridized carbons (Fsp3) is 0.333. The Balaban J connectivity index is 2.40. The lowest BCUT2D eigenvalue weighted by atomic mass is 10.3. The largest absolute Gasteiger partial charge is 0.388 e. The second-order valence-electron chi connectivity index (χ2n) is 3.39. The molecule has 0 unspecified atom stereocenters. The summed E-state index contributed by atoms with van der Waals surface area (Å²) in [6.45, 7) is 0.789. The minimum absolute atomic E-state index is 0.246. The summed E-state index contributed by atoms with van der Waals surface area (Å²) in [6.07, 6.45) is 2.71. The van der Waals surface area contributed by atoms with Gasteiger partial charge in [0.1, 0.15) is 4.99 Å². The Morgan fingerprint density at radius 1 is 1.47 bits per heavy atom. The zero-order valence-corrected chi connectivity index (χ0v) is 10.9. The summed E-state index contributed by atoms with van der Waals surface area (Å²) in [6, 6.07) is 3.48. The summed E-state index contributed by atoms with van der Waals surface area (Å²) >= 11 is 4.77. The first-order valence-corrected chi connectivity index (χ1v) is 7.13. The van der Waals surface area contributed by atoms with Gasteiger partial charge in [0, 0.05) is 13.1 Å². The Labute approximate surface area is 106 Å². The summed E-state index contributed by atoms with van der Waals surface area (Å²) in [7, 11) is -3.14. The molecule has 4 N–H and O–H groups in total. The van der Waals surface area contributed by atoms with Crippen LogP contribution in [-0.4, -0.2) is 37.7 Å². The number of anilines is 1. The molecule has 1 rings (SSSR count). The number of nitrogens with one attached hydrogen (secondary N) is 2. The van der Waals surface area contributed by atoms with E-state index in [4.69, 9.17) is 18.0 Å². The van der Waals surface area contributed by atoms with Crippen LogP contribution in [0.4, 0.5) is 5.69 Å². The molecule has 0 fully saturated rings. The van der Waals surface area contributed by atoms with Crippen molar-refractivity contribution in [3.05, 3.63) is 24.0 Å². The number of nitrogens with zero attached hydrogens (tertiary/aromatic N) is 1. The molecule has 6 nitrogen and oxygen atoms in total. The van der Waals surface area contributed by atoms with Crippen molar-refractivity contribution in [2.75, 3.05) is 24.7 Å². The Morgan fingerprint density at radius 3 is 2.65 bits per heavy atom. The third-order valence-corrected chi connectivity index (χ3v) is 2.77. The number of thiocarbonyl (C=S) groups is 1. The minimum atomic E-state index is -3.14. The van der Waals surface area contributed by atoms with E-state index >= 15 is 0 Å². The third-order valence-electron chi connectivity index (χ3n) is 1.83. The molecule has 0 aliphatic heterocycles. The van der Waals surface area contributed by atoms with Gasteiger partial charge in [-0.1, -0.05) is 12.2 Å². The van der Waals surface area contributed by atoms with Crippen molar-refractivity contribution in [3.63, 3.8) is 0 Å². The first-order valence-electron chi connectivity index (χ1n) is 4.83. The highest BCUT2D eigenvalue weighted by Crippen LogP contribution is 2.05. The molecule has 0 aliphatic rings. The smallest absolute Gasteiger partial charge is 0.208 e. The first-order chi connectivity index (χ1) is 7.88.